The SMILES string of the molecule is CN(C)CCOc1nc(N2CCOCC2)nc(C(Cl)(Cl)Cl)n1. The molecule has 0 atom stereocenters. The van der Waals surface area contributed by atoms with Gasteiger partial charge in [-0.3, -0.25) is 0 Å². The molecule has 7 nitrogen and oxygen atoms in total. The van der Waals surface area contributed by atoms with Crippen LogP contribution in [0, 0.1) is 0 Å². The normalized spacial score (nSPS) is 16.2. The number of rotatable bonds is 5. The summed E-state index contributed by atoms with van der Waals surface area (Å²) >= 11 is 17.7. The molecule has 0 aliphatic carbocycles. The molecule has 0 amide bonds. The van der Waals surface area contributed by atoms with E-state index in [2.05, 4.69) is 15.0 Å². The second kappa shape index (κ2) is 7.79. The van der Waals surface area contributed by atoms with E-state index < -0.39 is 3.79 Å². The second-order valence-electron chi connectivity index (χ2n) is 4.99. The molecule has 0 aromatic carbocycles. The fourth-order valence-corrected chi connectivity index (χ4v) is 2.02. The van der Waals surface area contributed by atoms with Crippen LogP contribution in [0.2, 0.25) is 0 Å². The maximum atomic E-state index is 5.90. The van der Waals surface area contributed by atoms with E-state index in [1.165, 1.54) is 0 Å². The fourth-order valence-electron chi connectivity index (χ4n) is 1.76. The Hall–Kier alpha value is -0.600. The smallest absolute Gasteiger partial charge is 0.321 e. The first-order valence-electron chi connectivity index (χ1n) is 6.80. The Morgan fingerprint density at radius 3 is 2.45 bits per heavy atom. The largest absolute Gasteiger partial charge is 0.462 e. The molecule has 10 heteroatoms. The van der Waals surface area contributed by atoms with E-state index >= 15 is 0 Å². The minimum absolute atomic E-state index is 0.0499. The molecule has 0 radical (unpaired) electrons. The van der Waals surface area contributed by atoms with Gasteiger partial charge in [0.1, 0.15) is 6.61 Å². The van der Waals surface area contributed by atoms with Gasteiger partial charge < -0.3 is 19.3 Å². The van der Waals surface area contributed by atoms with Crippen LogP contribution in [0.3, 0.4) is 0 Å². The first-order chi connectivity index (χ1) is 10.4. The molecule has 0 saturated carbocycles. The maximum Gasteiger partial charge on any atom is 0.321 e. The predicted octanol–water partition coefficient (Wildman–Crippen LogP) is 1.48. The van der Waals surface area contributed by atoms with E-state index in [4.69, 9.17) is 44.3 Å². The summed E-state index contributed by atoms with van der Waals surface area (Å²) in [6, 6.07) is 0.152. The van der Waals surface area contributed by atoms with Crippen LogP contribution in [0.4, 0.5) is 5.95 Å². The van der Waals surface area contributed by atoms with Crippen LogP contribution in [0.1, 0.15) is 5.82 Å². The Morgan fingerprint density at radius 1 is 1.18 bits per heavy atom. The summed E-state index contributed by atoms with van der Waals surface area (Å²) in [6.07, 6.45) is 0. The highest BCUT2D eigenvalue weighted by atomic mass is 35.6. The lowest BCUT2D eigenvalue weighted by Gasteiger charge is -2.27. The summed E-state index contributed by atoms with van der Waals surface area (Å²) in [5, 5.41) is 0. The van der Waals surface area contributed by atoms with Crippen molar-refractivity contribution in [3.8, 4) is 6.01 Å². The van der Waals surface area contributed by atoms with E-state index in [0.717, 1.165) is 6.54 Å². The molecule has 1 fully saturated rings. The molecular weight excluding hydrogens is 353 g/mol. The molecule has 1 aliphatic rings. The Morgan fingerprint density at radius 2 is 1.86 bits per heavy atom. The Balaban J connectivity index is 2.20. The molecule has 0 spiro atoms. The van der Waals surface area contributed by atoms with Crippen LogP contribution in [-0.4, -0.2) is 73.4 Å². The molecule has 0 N–H and O–H groups in total. The zero-order valence-electron chi connectivity index (χ0n) is 12.4. The van der Waals surface area contributed by atoms with E-state index in [9.17, 15) is 0 Å². The van der Waals surface area contributed by atoms with E-state index in [0.29, 0.717) is 38.9 Å². The monoisotopic (exact) mass is 369 g/mol. The summed E-state index contributed by atoms with van der Waals surface area (Å²) < 4.78 is 9.13. The predicted molar refractivity (Wildman–Crippen MR) is 86.1 cm³/mol. The third kappa shape index (κ3) is 5.24. The number of alkyl halides is 3. The Bertz CT molecular complexity index is 492. The number of anilines is 1. The minimum atomic E-state index is -1.73. The van der Waals surface area contributed by atoms with E-state index in [1.54, 1.807) is 0 Å². The molecule has 124 valence electrons. The fraction of sp³-hybridized carbons (Fsp3) is 0.750. The summed E-state index contributed by atoms with van der Waals surface area (Å²) in [5.74, 6) is 0.480. The first kappa shape index (κ1) is 17.7. The lowest BCUT2D eigenvalue weighted by molar-refractivity contribution is 0.122. The number of morpholine rings is 1. The van der Waals surface area contributed by atoms with Crippen molar-refractivity contribution >= 4 is 40.8 Å². The van der Waals surface area contributed by atoms with Crippen molar-refractivity contribution in [2.75, 3.05) is 58.5 Å². The number of ether oxygens (including phenoxy) is 2. The molecule has 22 heavy (non-hydrogen) atoms. The molecule has 2 rings (SSSR count). The summed E-state index contributed by atoms with van der Waals surface area (Å²) in [7, 11) is 3.89. The van der Waals surface area contributed by atoms with Crippen molar-refractivity contribution < 1.29 is 9.47 Å². The van der Waals surface area contributed by atoms with Crippen LogP contribution < -0.4 is 9.64 Å². The average Bonchev–Trinajstić information content (AvgIpc) is 2.46. The summed E-state index contributed by atoms with van der Waals surface area (Å²) in [6.45, 7) is 3.69. The second-order valence-corrected chi connectivity index (χ2v) is 7.27. The highest BCUT2D eigenvalue weighted by Gasteiger charge is 2.30. The van der Waals surface area contributed by atoms with Gasteiger partial charge in [0.05, 0.1) is 13.2 Å². The number of hydrogen-bond donors (Lipinski definition) is 0. The van der Waals surface area contributed by atoms with Gasteiger partial charge in [0, 0.05) is 19.6 Å². The van der Waals surface area contributed by atoms with E-state index in [-0.39, 0.29) is 11.8 Å². The third-order valence-corrected chi connectivity index (χ3v) is 3.43. The minimum Gasteiger partial charge on any atom is -0.462 e. The lowest BCUT2D eigenvalue weighted by Crippen LogP contribution is -2.38. The number of nitrogens with zero attached hydrogens (tertiary/aromatic N) is 5. The van der Waals surface area contributed by atoms with Crippen molar-refractivity contribution in [2.45, 2.75) is 3.79 Å². The van der Waals surface area contributed by atoms with Gasteiger partial charge in [-0.2, -0.15) is 15.0 Å². The molecule has 1 aromatic rings. The molecule has 0 bridgehead atoms. The van der Waals surface area contributed by atoms with Crippen molar-refractivity contribution in [1.82, 2.24) is 19.9 Å². The summed E-state index contributed by atoms with van der Waals surface area (Å²) in [4.78, 5) is 16.5. The molecular formula is C12H18Cl3N5O2. The first-order valence-corrected chi connectivity index (χ1v) is 7.93. The number of halogens is 3. The van der Waals surface area contributed by atoms with Crippen molar-refractivity contribution in [3.63, 3.8) is 0 Å². The van der Waals surface area contributed by atoms with Crippen LogP contribution in [0.5, 0.6) is 6.01 Å². The highest BCUT2D eigenvalue weighted by Crippen LogP contribution is 2.36. The van der Waals surface area contributed by atoms with Crippen molar-refractivity contribution in [1.29, 1.82) is 0 Å². The van der Waals surface area contributed by atoms with Crippen LogP contribution in [-0.2, 0) is 8.53 Å². The molecule has 0 unspecified atom stereocenters. The van der Waals surface area contributed by atoms with Gasteiger partial charge in [0.15, 0.2) is 5.82 Å². The molecule has 1 aliphatic heterocycles. The number of hydrogen-bond acceptors (Lipinski definition) is 7. The van der Waals surface area contributed by atoms with Gasteiger partial charge in [0.25, 0.3) is 0 Å². The quantitative estimate of drug-likeness (QED) is 0.727. The van der Waals surface area contributed by atoms with Gasteiger partial charge >= 0.3 is 6.01 Å². The van der Waals surface area contributed by atoms with Gasteiger partial charge in [-0.25, -0.2) is 0 Å². The number of aromatic nitrogens is 3. The molecule has 1 saturated heterocycles. The number of likely N-dealkylation sites (N-methyl/N-ethyl adjacent to an activating group) is 1. The van der Waals surface area contributed by atoms with Crippen LogP contribution >= 0.6 is 34.8 Å². The average molecular weight is 371 g/mol. The van der Waals surface area contributed by atoms with Crippen molar-refractivity contribution in [3.05, 3.63) is 5.82 Å². The van der Waals surface area contributed by atoms with E-state index in [1.807, 2.05) is 23.9 Å². The topological polar surface area (TPSA) is 63.6 Å². The summed E-state index contributed by atoms with van der Waals surface area (Å²) in [5.41, 5.74) is 0. The highest BCUT2D eigenvalue weighted by molar-refractivity contribution is 6.66. The van der Waals surface area contributed by atoms with Gasteiger partial charge in [-0.05, 0) is 14.1 Å². The van der Waals surface area contributed by atoms with Crippen LogP contribution in [0.15, 0.2) is 0 Å². The Kier molecular flexibility index (Phi) is 6.28. The van der Waals surface area contributed by atoms with Crippen molar-refractivity contribution in [2.24, 2.45) is 0 Å². The van der Waals surface area contributed by atoms with Gasteiger partial charge in [0.2, 0.25) is 9.74 Å². The maximum absolute atomic E-state index is 5.90. The molecule has 1 aromatic heterocycles. The third-order valence-electron chi connectivity index (χ3n) is 2.92. The van der Waals surface area contributed by atoms with Gasteiger partial charge in [-0.15, -0.1) is 0 Å². The molecule has 2 heterocycles. The standard InChI is InChI=1S/C12H18Cl3N5O2/c1-19(2)3-8-22-11-17-9(12(13,14)15)16-10(18-11)20-4-6-21-7-5-20/h3-8H2,1-2H3. The van der Waals surface area contributed by atoms with Crippen LogP contribution in [0.25, 0.3) is 0 Å². The van der Waals surface area contributed by atoms with Gasteiger partial charge in [-0.1, -0.05) is 34.8 Å². The zero-order valence-corrected chi connectivity index (χ0v) is 14.7. The lowest BCUT2D eigenvalue weighted by atomic mass is 10.4. The zero-order chi connectivity index (χ0) is 16.2. The Labute approximate surface area is 144 Å².